The fourth-order valence-electron chi connectivity index (χ4n) is 3.53. The van der Waals surface area contributed by atoms with Crippen LogP contribution in [-0.2, 0) is 16.6 Å². The van der Waals surface area contributed by atoms with E-state index >= 15 is 0 Å². The van der Waals surface area contributed by atoms with E-state index in [1.807, 2.05) is 0 Å². The summed E-state index contributed by atoms with van der Waals surface area (Å²) in [6, 6.07) is 16.3. The molecule has 8 nitrogen and oxygen atoms in total. The molecule has 0 aliphatic rings. The third kappa shape index (κ3) is 4.81. The van der Waals surface area contributed by atoms with Gasteiger partial charge < -0.3 is 9.88 Å². The highest BCUT2D eigenvalue weighted by atomic mass is 32.2. The number of aryl methyl sites for hydroxylation is 1. The number of hydrogen-bond acceptors (Lipinski definition) is 5. The van der Waals surface area contributed by atoms with Crippen molar-refractivity contribution in [3.63, 3.8) is 0 Å². The van der Waals surface area contributed by atoms with Crippen molar-refractivity contribution in [2.75, 3.05) is 11.8 Å². The number of H-pyrrole nitrogens is 1. The van der Waals surface area contributed by atoms with E-state index in [-0.39, 0.29) is 34.2 Å². The number of para-hydroxylation sites is 1. The number of fused-ring (bicyclic) bond motifs is 1. The molecule has 0 unspecified atom stereocenters. The predicted molar refractivity (Wildman–Crippen MR) is 127 cm³/mol. The number of aromatic nitrogens is 2. The molecule has 0 atom stereocenters. The molecule has 4 aromatic rings. The summed E-state index contributed by atoms with van der Waals surface area (Å²) in [7, 11) is -2.35. The van der Waals surface area contributed by atoms with Crippen LogP contribution in [0.25, 0.3) is 10.9 Å². The lowest BCUT2D eigenvalue weighted by atomic mass is 10.2. The molecule has 0 saturated carbocycles. The van der Waals surface area contributed by atoms with E-state index in [0.29, 0.717) is 22.3 Å². The maximum absolute atomic E-state index is 13.3. The number of rotatable bonds is 6. The van der Waals surface area contributed by atoms with Gasteiger partial charge in [-0.2, -0.15) is 0 Å². The summed E-state index contributed by atoms with van der Waals surface area (Å²) in [6.07, 6.45) is 0. The van der Waals surface area contributed by atoms with Crippen molar-refractivity contribution in [3.05, 3.63) is 99.9 Å². The number of anilines is 1. The maximum Gasteiger partial charge on any atom is 0.262 e. The number of carbonyl (C=O) groups excluding carboxylic acids is 1. The van der Waals surface area contributed by atoms with Crippen molar-refractivity contribution >= 4 is 32.5 Å². The van der Waals surface area contributed by atoms with Crippen LogP contribution < -0.4 is 10.3 Å². The Morgan fingerprint density at radius 2 is 1.79 bits per heavy atom. The van der Waals surface area contributed by atoms with Crippen molar-refractivity contribution in [1.29, 1.82) is 0 Å². The summed E-state index contributed by atoms with van der Waals surface area (Å²) in [5.74, 6) is -0.510. The van der Waals surface area contributed by atoms with E-state index in [2.05, 4.69) is 14.7 Å². The Morgan fingerprint density at radius 1 is 1.09 bits per heavy atom. The topological polar surface area (TPSA) is 112 Å². The highest BCUT2D eigenvalue weighted by molar-refractivity contribution is 7.92. The molecule has 174 valence electrons. The number of sulfonamides is 1. The second-order valence-electron chi connectivity index (χ2n) is 7.78. The summed E-state index contributed by atoms with van der Waals surface area (Å²) in [4.78, 5) is 33.5. The van der Waals surface area contributed by atoms with Gasteiger partial charge in [-0.25, -0.2) is 17.8 Å². The first-order chi connectivity index (χ1) is 16.1. The second kappa shape index (κ2) is 9.06. The largest absolute Gasteiger partial charge is 0.334 e. The minimum absolute atomic E-state index is 0.0364. The summed E-state index contributed by atoms with van der Waals surface area (Å²) < 4.78 is 41.0. The zero-order chi connectivity index (χ0) is 24.5. The van der Waals surface area contributed by atoms with Crippen LogP contribution in [0.1, 0.15) is 21.7 Å². The first kappa shape index (κ1) is 23.1. The lowest BCUT2D eigenvalue weighted by Gasteiger charge is -2.17. The normalized spacial score (nSPS) is 11.4. The Balaban J connectivity index is 1.48. The van der Waals surface area contributed by atoms with Crippen molar-refractivity contribution in [1.82, 2.24) is 14.9 Å². The second-order valence-corrected chi connectivity index (χ2v) is 9.43. The van der Waals surface area contributed by atoms with Gasteiger partial charge in [0.15, 0.2) is 0 Å². The van der Waals surface area contributed by atoms with Crippen molar-refractivity contribution in [2.45, 2.75) is 18.4 Å². The number of aromatic amines is 1. The minimum Gasteiger partial charge on any atom is -0.334 e. The molecule has 4 rings (SSSR count). The highest BCUT2D eigenvalue weighted by Gasteiger charge is 2.18. The molecule has 0 fully saturated rings. The lowest BCUT2D eigenvalue weighted by molar-refractivity contribution is 0.0781. The lowest BCUT2D eigenvalue weighted by Crippen LogP contribution is -2.28. The zero-order valence-electron chi connectivity index (χ0n) is 18.4. The van der Waals surface area contributed by atoms with Gasteiger partial charge >= 0.3 is 0 Å². The van der Waals surface area contributed by atoms with Crippen LogP contribution in [0.15, 0.2) is 76.4 Å². The molecular weight excluding hydrogens is 459 g/mol. The monoisotopic (exact) mass is 480 g/mol. The molecular formula is C24H21FN4O4S. The molecule has 3 aromatic carbocycles. The number of nitrogens with zero attached hydrogens (tertiary/aromatic N) is 2. The van der Waals surface area contributed by atoms with E-state index in [1.54, 1.807) is 31.3 Å². The number of carbonyl (C=O) groups is 1. The summed E-state index contributed by atoms with van der Waals surface area (Å²) >= 11 is 0. The summed E-state index contributed by atoms with van der Waals surface area (Å²) in [6.45, 7) is 1.59. The number of nitrogens with one attached hydrogen (secondary N) is 2. The van der Waals surface area contributed by atoms with E-state index in [4.69, 9.17) is 0 Å². The van der Waals surface area contributed by atoms with Crippen LogP contribution in [0.2, 0.25) is 0 Å². The van der Waals surface area contributed by atoms with Gasteiger partial charge in [-0.3, -0.25) is 14.3 Å². The number of benzene rings is 3. The molecule has 1 aromatic heterocycles. The van der Waals surface area contributed by atoms with E-state index in [0.717, 1.165) is 12.1 Å². The molecule has 0 aliphatic heterocycles. The van der Waals surface area contributed by atoms with E-state index in [1.165, 1.54) is 42.2 Å². The average Bonchev–Trinajstić information content (AvgIpc) is 2.78. The Bertz CT molecular complexity index is 1550. The molecule has 0 spiro atoms. The van der Waals surface area contributed by atoms with Crippen molar-refractivity contribution < 1.29 is 17.6 Å². The quantitative estimate of drug-likeness (QED) is 0.439. The van der Waals surface area contributed by atoms with E-state index in [9.17, 15) is 22.4 Å². The average molecular weight is 481 g/mol. The predicted octanol–water partition coefficient (Wildman–Crippen LogP) is 3.44. The van der Waals surface area contributed by atoms with Crippen molar-refractivity contribution in [3.8, 4) is 0 Å². The molecule has 0 radical (unpaired) electrons. The van der Waals surface area contributed by atoms with Gasteiger partial charge in [-0.05, 0) is 67.1 Å². The number of amides is 1. The van der Waals surface area contributed by atoms with Crippen molar-refractivity contribution in [2.24, 2.45) is 0 Å². The Labute approximate surface area is 195 Å². The third-order valence-corrected chi connectivity index (χ3v) is 6.75. The van der Waals surface area contributed by atoms with Crippen LogP contribution in [0.5, 0.6) is 0 Å². The van der Waals surface area contributed by atoms with Gasteiger partial charge in [-0.1, -0.05) is 12.1 Å². The van der Waals surface area contributed by atoms with Crippen LogP contribution >= 0.6 is 0 Å². The fraction of sp³-hybridized carbons (Fsp3) is 0.125. The Morgan fingerprint density at radius 3 is 2.50 bits per heavy atom. The zero-order valence-corrected chi connectivity index (χ0v) is 19.2. The third-order valence-electron chi connectivity index (χ3n) is 5.21. The molecule has 0 aliphatic carbocycles. The van der Waals surface area contributed by atoms with Gasteiger partial charge in [0, 0.05) is 18.3 Å². The Hall–Kier alpha value is -4.05. The van der Waals surface area contributed by atoms with Gasteiger partial charge in [0.05, 0.1) is 22.3 Å². The first-order valence-electron chi connectivity index (χ1n) is 10.3. The number of hydrogen-bond donors (Lipinski definition) is 2. The van der Waals surface area contributed by atoms with Gasteiger partial charge in [0.2, 0.25) is 0 Å². The molecule has 0 bridgehead atoms. The molecule has 34 heavy (non-hydrogen) atoms. The van der Waals surface area contributed by atoms with Crippen LogP contribution in [-0.4, -0.2) is 36.2 Å². The smallest absolute Gasteiger partial charge is 0.262 e. The van der Waals surface area contributed by atoms with Gasteiger partial charge in [-0.15, -0.1) is 0 Å². The van der Waals surface area contributed by atoms with E-state index < -0.39 is 15.8 Å². The molecule has 1 amide bonds. The number of halogens is 1. The molecule has 0 saturated heterocycles. The minimum atomic E-state index is -3.93. The van der Waals surface area contributed by atoms with Crippen LogP contribution in [0.3, 0.4) is 0 Å². The van der Waals surface area contributed by atoms with Crippen LogP contribution in [0, 0.1) is 12.7 Å². The maximum atomic E-state index is 13.3. The fourth-order valence-corrected chi connectivity index (χ4v) is 4.82. The molecule has 1 heterocycles. The van der Waals surface area contributed by atoms with Gasteiger partial charge in [0.1, 0.15) is 11.6 Å². The highest BCUT2D eigenvalue weighted by Crippen LogP contribution is 2.21. The Kier molecular flexibility index (Phi) is 6.16. The summed E-state index contributed by atoms with van der Waals surface area (Å²) in [5, 5.41) is 0.467. The first-order valence-corrected chi connectivity index (χ1v) is 11.7. The standard InChI is InChI=1S/C24H21FN4O4S/c1-15-13-17(25)9-12-21(15)34(32,33)28-18-10-7-16(8-11-18)24(31)29(2)14-22-26-20-6-4-3-5-19(20)23(30)27-22/h3-13,28H,14H2,1-2H3,(H,26,27,30). The summed E-state index contributed by atoms with van der Waals surface area (Å²) in [5.41, 5.74) is 1.11. The SMILES string of the molecule is Cc1cc(F)ccc1S(=O)(=O)Nc1ccc(C(=O)N(C)Cc2nc3ccccc3c(=O)[nH]2)cc1. The molecule has 10 heteroatoms. The van der Waals surface area contributed by atoms with Crippen LogP contribution in [0.4, 0.5) is 10.1 Å². The van der Waals surface area contributed by atoms with Gasteiger partial charge in [0.25, 0.3) is 21.5 Å². The molecule has 2 N–H and O–H groups in total.